The van der Waals surface area contributed by atoms with E-state index in [0.29, 0.717) is 29.8 Å². The van der Waals surface area contributed by atoms with Gasteiger partial charge in [-0.05, 0) is 31.0 Å². The summed E-state index contributed by atoms with van der Waals surface area (Å²) >= 11 is 0. The Hall–Kier alpha value is -1.76. The van der Waals surface area contributed by atoms with Crippen molar-refractivity contribution >= 4 is 21.4 Å². The van der Waals surface area contributed by atoms with Gasteiger partial charge in [0.05, 0.1) is 23.8 Å². The molecule has 0 bridgehead atoms. The number of anilines is 1. The first-order valence-electron chi connectivity index (χ1n) is 6.37. The molecule has 1 amide bonds. The van der Waals surface area contributed by atoms with Gasteiger partial charge in [0.25, 0.3) is 5.91 Å². The van der Waals surface area contributed by atoms with Crippen molar-refractivity contribution in [2.75, 3.05) is 25.1 Å². The summed E-state index contributed by atoms with van der Waals surface area (Å²) < 4.78 is 28.3. The first-order chi connectivity index (χ1) is 9.44. The average Bonchev–Trinajstić information content (AvgIpc) is 2.74. The van der Waals surface area contributed by atoms with E-state index in [1.165, 1.54) is 13.2 Å². The Bertz CT molecular complexity index is 613. The molecule has 0 spiro atoms. The second-order valence-electron chi connectivity index (χ2n) is 4.80. The molecule has 7 heteroatoms. The van der Waals surface area contributed by atoms with Gasteiger partial charge in [0, 0.05) is 12.1 Å². The summed E-state index contributed by atoms with van der Waals surface area (Å²) in [5.74, 6) is 0.379. The van der Waals surface area contributed by atoms with Crippen molar-refractivity contribution in [2.24, 2.45) is 0 Å². The van der Waals surface area contributed by atoms with Gasteiger partial charge >= 0.3 is 0 Å². The number of nitrogen functional groups attached to an aromatic ring is 1. The molecule has 1 aliphatic heterocycles. The lowest BCUT2D eigenvalue weighted by atomic mass is 10.1. The van der Waals surface area contributed by atoms with Crippen LogP contribution in [-0.4, -0.2) is 39.0 Å². The number of methoxy groups -OCH3 is 1. The minimum atomic E-state index is -3.04. The number of sulfone groups is 1. The number of carbonyl (C=O) groups excluding carboxylic acids is 1. The number of rotatable bonds is 4. The number of hydrogen-bond donors (Lipinski definition) is 2. The van der Waals surface area contributed by atoms with Crippen molar-refractivity contribution in [3.63, 3.8) is 0 Å². The zero-order valence-electron chi connectivity index (χ0n) is 11.3. The molecule has 1 fully saturated rings. The first-order valence-corrected chi connectivity index (χ1v) is 8.09. The van der Waals surface area contributed by atoms with Gasteiger partial charge < -0.3 is 15.8 Å². The quantitative estimate of drug-likeness (QED) is 0.792. The van der Waals surface area contributed by atoms with Gasteiger partial charge in [0.2, 0.25) is 0 Å². The van der Waals surface area contributed by atoms with E-state index in [2.05, 4.69) is 5.32 Å². The third kappa shape index (κ3) is 3.04. The second kappa shape index (κ2) is 5.70. The van der Waals surface area contributed by atoms with Crippen molar-refractivity contribution in [1.82, 2.24) is 5.32 Å². The predicted octanol–water partition coefficient (Wildman–Crippen LogP) is 0.584. The van der Waals surface area contributed by atoms with Crippen LogP contribution in [0.15, 0.2) is 18.2 Å². The van der Waals surface area contributed by atoms with Gasteiger partial charge in [-0.25, -0.2) is 8.42 Å². The monoisotopic (exact) mass is 298 g/mol. The van der Waals surface area contributed by atoms with E-state index in [0.717, 1.165) is 0 Å². The number of nitrogens with one attached hydrogen (secondary N) is 1. The summed E-state index contributed by atoms with van der Waals surface area (Å²) in [5.41, 5.74) is 6.49. The lowest BCUT2D eigenvalue weighted by Gasteiger charge is -2.11. The van der Waals surface area contributed by atoms with E-state index in [9.17, 15) is 13.2 Å². The number of amides is 1. The molecule has 3 N–H and O–H groups in total. The molecule has 1 aromatic rings. The van der Waals surface area contributed by atoms with Crippen LogP contribution in [0, 0.1) is 0 Å². The maximum absolute atomic E-state index is 12.0. The maximum atomic E-state index is 12.0. The maximum Gasteiger partial charge on any atom is 0.251 e. The van der Waals surface area contributed by atoms with Crippen molar-refractivity contribution in [2.45, 2.75) is 18.1 Å². The van der Waals surface area contributed by atoms with E-state index in [4.69, 9.17) is 10.5 Å². The minimum Gasteiger partial charge on any atom is -0.495 e. The van der Waals surface area contributed by atoms with Gasteiger partial charge in [-0.2, -0.15) is 0 Å². The molecule has 1 aliphatic rings. The van der Waals surface area contributed by atoms with Gasteiger partial charge in [0.1, 0.15) is 5.75 Å². The molecule has 0 aromatic heterocycles. The Kier molecular flexibility index (Phi) is 4.17. The SMILES string of the molecule is COc1ccc(C(=O)NCC2CCCS2(=O)=O)cc1N. The topological polar surface area (TPSA) is 98.5 Å². The van der Waals surface area contributed by atoms with Crippen molar-refractivity contribution < 1.29 is 17.9 Å². The van der Waals surface area contributed by atoms with Crippen molar-refractivity contribution in [3.8, 4) is 5.75 Å². The highest BCUT2D eigenvalue weighted by atomic mass is 32.2. The zero-order chi connectivity index (χ0) is 14.8. The smallest absolute Gasteiger partial charge is 0.251 e. The Morgan fingerprint density at radius 2 is 2.25 bits per heavy atom. The summed E-state index contributed by atoms with van der Waals surface area (Å²) in [7, 11) is -1.55. The molecule has 110 valence electrons. The van der Waals surface area contributed by atoms with E-state index in [1.54, 1.807) is 12.1 Å². The van der Waals surface area contributed by atoms with E-state index in [-0.39, 0.29) is 18.2 Å². The molecule has 1 saturated heterocycles. The van der Waals surface area contributed by atoms with Gasteiger partial charge in [-0.1, -0.05) is 0 Å². The van der Waals surface area contributed by atoms with E-state index >= 15 is 0 Å². The number of ether oxygens (including phenoxy) is 1. The molecule has 0 saturated carbocycles. The molecule has 2 rings (SSSR count). The second-order valence-corrected chi connectivity index (χ2v) is 7.20. The fraction of sp³-hybridized carbons (Fsp3) is 0.462. The normalized spacial score (nSPS) is 20.6. The lowest BCUT2D eigenvalue weighted by Crippen LogP contribution is -2.34. The highest BCUT2D eigenvalue weighted by Gasteiger charge is 2.31. The Morgan fingerprint density at radius 1 is 1.50 bits per heavy atom. The summed E-state index contributed by atoms with van der Waals surface area (Å²) in [6.07, 6.45) is 1.27. The van der Waals surface area contributed by atoms with Crippen LogP contribution in [0.2, 0.25) is 0 Å². The summed E-state index contributed by atoms with van der Waals surface area (Å²) in [6.45, 7) is 0.146. The van der Waals surface area contributed by atoms with Crippen LogP contribution in [0.1, 0.15) is 23.2 Å². The summed E-state index contributed by atoms with van der Waals surface area (Å²) in [4.78, 5) is 12.0. The summed E-state index contributed by atoms with van der Waals surface area (Å²) in [5, 5.41) is 2.18. The predicted molar refractivity (Wildman–Crippen MR) is 76.5 cm³/mol. The molecule has 6 nitrogen and oxygen atoms in total. The van der Waals surface area contributed by atoms with Crippen molar-refractivity contribution in [3.05, 3.63) is 23.8 Å². The fourth-order valence-electron chi connectivity index (χ4n) is 2.27. The first kappa shape index (κ1) is 14.6. The van der Waals surface area contributed by atoms with Crippen LogP contribution in [0.4, 0.5) is 5.69 Å². The van der Waals surface area contributed by atoms with Crippen LogP contribution in [0.3, 0.4) is 0 Å². The average molecular weight is 298 g/mol. The number of carbonyl (C=O) groups is 1. The van der Waals surface area contributed by atoms with Crippen molar-refractivity contribution in [1.29, 1.82) is 0 Å². The standard InChI is InChI=1S/C13H18N2O4S/c1-19-12-5-4-9(7-11(12)14)13(16)15-8-10-3-2-6-20(10,17)18/h4-5,7,10H,2-3,6,8,14H2,1H3,(H,15,16). The van der Waals surface area contributed by atoms with Gasteiger partial charge in [-0.3, -0.25) is 4.79 Å². The van der Waals surface area contributed by atoms with Crippen LogP contribution < -0.4 is 15.8 Å². The molecule has 1 atom stereocenters. The number of hydrogen-bond acceptors (Lipinski definition) is 5. The van der Waals surface area contributed by atoms with Gasteiger partial charge in [0.15, 0.2) is 9.84 Å². The van der Waals surface area contributed by atoms with Crippen LogP contribution in [0.25, 0.3) is 0 Å². The van der Waals surface area contributed by atoms with Crippen LogP contribution >= 0.6 is 0 Å². The highest BCUT2D eigenvalue weighted by Crippen LogP contribution is 2.22. The highest BCUT2D eigenvalue weighted by molar-refractivity contribution is 7.92. The molecule has 0 radical (unpaired) electrons. The minimum absolute atomic E-state index is 0.146. The summed E-state index contributed by atoms with van der Waals surface area (Å²) in [6, 6.07) is 4.71. The van der Waals surface area contributed by atoms with E-state index in [1.807, 2.05) is 0 Å². The Balaban J connectivity index is 2.00. The Labute approximate surface area is 118 Å². The molecule has 1 aromatic carbocycles. The number of nitrogens with two attached hydrogens (primary N) is 1. The van der Waals surface area contributed by atoms with Crippen LogP contribution in [0.5, 0.6) is 5.75 Å². The molecule has 1 heterocycles. The van der Waals surface area contributed by atoms with Crippen LogP contribution in [-0.2, 0) is 9.84 Å². The Morgan fingerprint density at radius 3 is 2.80 bits per heavy atom. The molecular formula is C13H18N2O4S. The third-order valence-electron chi connectivity index (χ3n) is 3.45. The van der Waals surface area contributed by atoms with Gasteiger partial charge in [-0.15, -0.1) is 0 Å². The number of benzene rings is 1. The fourth-order valence-corrected chi connectivity index (χ4v) is 4.04. The third-order valence-corrected chi connectivity index (χ3v) is 5.72. The largest absolute Gasteiger partial charge is 0.495 e. The molecule has 1 unspecified atom stereocenters. The zero-order valence-corrected chi connectivity index (χ0v) is 12.1. The molecular weight excluding hydrogens is 280 g/mol. The molecule has 0 aliphatic carbocycles. The lowest BCUT2D eigenvalue weighted by molar-refractivity contribution is 0.0953. The molecule has 20 heavy (non-hydrogen) atoms. The van der Waals surface area contributed by atoms with E-state index < -0.39 is 15.1 Å².